The van der Waals surface area contributed by atoms with E-state index in [4.69, 9.17) is 11.0 Å². The molecule has 2 aromatic carbocycles. The number of benzene rings is 2. The number of rotatable bonds is 4. The highest BCUT2D eigenvalue weighted by molar-refractivity contribution is 5.93. The van der Waals surface area contributed by atoms with Gasteiger partial charge in [0.2, 0.25) is 0 Å². The Bertz CT molecular complexity index is 1340. The second-order valence-corrected chi connectivity index (χ2v) is 9.82. The van der Waals surface area contributed by atoms with Crippen LogP contribution in [0.15, 0.2) is 42.5 Å². The lowest BCUT2D eigenvalue weighted by atomic mass is 10.1. The van der Waals surface area contributed by atoms with Crippen LogP contribution in [0, 0.1) is 23.0 Å². The molecule has 1 unspecified atom stereocenters. The van der Waals surface area contributed by atoms with Crippen molar-refractivity contribution < 1.29 is 13.6 Å². The fourth-order valence-electron chi connectivity index (χ4n) is 5.18. The van der Waals surface area contributed by atoms with Gasteiger partial charge in [0.05, 0.1) is 11.3 Å². The van der Waals surface area contributed by atoms with E-state index in [1.807, 2.05) is 12.1 Å². The third-order valence-corrected chi connectivity index (χ3v) is 7.19. The van der Waals surface area contributed by atoms with Gasteiger partial charge in [0.1, 0.15) is 17.6 Å². The van der Waals surface area contributed by atoms with Crippen LogP contribution in [0.2, 0.25) is 0 Å². The zero-order chi connectivity index (χ0) is 25.9. The van der Waals surface area contributed by atoms with Crippen LogP contribution < -0.4 is 10.6 Å². The molecule has 2 N–H and O–H groups in total. The summed E-state index contributed by atoms with van der Waals surface area (Å²) < 4.78 is 31.4. The molecule has 0 aliphatic carbocycles. The number of halogens is 2. The Kier molecular flexibility index (Phi) is 7.19. The first-order valence-corrected chi connectivity index (χ1v) is 12.8. The molecular weight excluding hydrogens is 474 g/mol. The molecule has 3 heterocycles. The molecule has 2 aliphatic heterocycles. The van der Waals surface area contributed by atoms with Crippen molar-refractivity contribution >= 4 is 11.6 Å². The van der Waals surface area contributed by atoms with Gasteiger partial charge in [0.15, 0.2) is 11.5 Å². The van der Waals surface area contributed by atoms with Gasteiger partial charge in [-0.1, -0.05) is 12.5 Å². The smallest absolute Gasteiger partial charge is 0.274 e. The molecule has 0 radical (unpaired) electrons. The van der Waals surface area contributed by atoms with Gasteiger partial charge < -0.3 is 15.5 Å². The van der Waals surface area contributed by atoms with Gasteiger partial charge in [-0.3, -0.25) is 4.79 Å². The van der Waals surface area contributed by atoms with Gasteiger partial charge >= 0.3 is 0 Å². The number of anilines is 1. The van der Waals surface area contributed by atoms with E-state index in [9.17, 15) is 9.18 Å². The number of likely N-dealkylation sites (tertiary alicyclic amines) is 1. The van der Waals surface area contributed by atoms with E-state index in [0.29, 0.717) is 24.3 Å². The van der Waals surface area contributed by atoms with E-state index in [0.717, 1.165) is 50.9 Å². The predicted octanol–water partition coefficient (Wildman–Crippen LogP) is 4.63. The van der Waals surface area contributed by atoms with Crippen molar-refractivity contribution in [1.82, 2.24) is 14.7 Å². The number of nitrogens with zero attached hydrogens (tertiary/aromatic N) is 5. The second kappa shape index (κ2) is 10.7. The molecule has 2 fully saturated rings. The molecule has 2 saturated heterocycles. The average Bonchev–Trinajstić information content (AvgIpc) is 3.23. The third-order valence-electron chi connectivity index (χ3n) is 7.19. The van der Waals surface area contributed by atoms with Crippen LogP contribution in [-0.2, 0) is 0 Å². The quantitative estimate of drug-likeness (QED) is 0.559. The first-order chi connectivity index (χ1) is 17.9. The molecule has 9 heteroatoms. The zero-order valence-electron chi connectivity index (χ0n) is 20.7. The minimum absolute atomic E-state index is 0.0956. The number of hydrogen-bond donors (Lipinski definition) is 1. The maximum atomic E-state index is 15.5. The number of carbonyl (C=O) groups is 1. The molecule has 1 aromatic heterocycles. The van der Waals surface area contributed by atoms with Gasteiger partial charge in [-0.05, 0) is 68.5 Å². The summed E-state index contributed by atoms with van der Waals surface area (Å²) in [6.45, 7) is 2.75. The number of aromatic nitrogens is 2. The lowest BCUT2D eigenvalue weighted by Crippen LogP contribution is -2.39. The van der Waals surface area contributed by atoms with Gasteiger partial charge in [0, 0.05) is 43.5 Å². The molecule has 2 aliphatic rings. The Hall–Kier alpha value is -3.77. The number of nitriles is 1. The Morgan fingerprint density at radius 1 is 0.973 bits per heavy atom. The van der Waals surface area contributed by atoms with Crippen LogP contribution in [0.25, 0.3) is 16.9 Å². The van der Waals surface area contributed by atoms with E-state index >= 15 is 4.39 Å². The number of piperidine rings is 1. The largest absolute Gasteiger partial charge is 0.371 e. The maximum Gasteiger partial charge on any atom is 0.274 e. The van der Waals surface area contributed by atoms with Crippen molar-refractivity contribution in [3.05, 3.63) is 65.4 Å². The third kappa shape index (κ3) is 5.20. The molecule has 5 rings (SSSR count). The summed E-state index contributed by atoms with van der Waals surface area (Å²) in [4.78, 5) is 17.3. The SMILES string of the molecule is N#Cc1ccc(-c2cc(C(=O)N3CCCCC(N)C3)nn2-c2ccc(N3CCCCC3)cc2F)cc1F. The molecule has 0 spiro atoms. The van der Waals surface area contributed by atoms with E-state index in [1.165, 1.54) is 29.3 Å². The molecule has 3 aromatic rings. The summed E-state index contributed by atoms with van der Waals surface area (Å²) in [5.74, 6) is -1.48. The molecule has 0 saturated carbocycles. The lowest BCUT2D eigenvalue weighted by molar-refractivity contribution is 0.0748. The van der Waals surface area contributed by atoms with Gasteiger partial charge in [0.25, 0.3) is 5.91 Å². The van der Waals surface area contributed by atoms with E-state index in [1.54, 1.807) is 23.1 Å². The van der Waals surface area contributed by atoms with Crippen molar-refractivity contribution in [3.63, 3.8) is 0 Å². The van der Waals surface area contributed by atoms with Crippen LogP contribution >= 0.6 is 0 Å². The average molecular weight is 505 g/mol. The van der Waals surface area contributed by atoms with E-state index in [-0.39, 0.29) is 28.9 Å². The maximum absolute atomic E-state index is 15.5. The molecule has 1 amide bonds. The molecule has 7 nitrogen and oxygen atoms in total. The highest BCUT2D eigenvalue weighted by atomic mass is 19.1. The van der Waals surface area contributed by atoms with Crippen molar-refractivity contribution in [2.75, 3.05) is 31.1 Å². The molecule has 0 bridgehead atoms. The number of nitrogens with two attached hydrogens (primary N) is 1. The first kappa shape index (κ1) is 24.9. The van der Waals surface area contributed by atoms with Crippen LogP contribution in [0.4, 0.5) is 14.5 Å². The fourth-order valence-corrected chi connectivity index (χ4v) is 5.18. The minimum atomic E-state index is -0.694. The monoisotopic (exact) mass is 504 g/mol. The zero-order valence-corrected chi connectivity index (χ0v) is 20.7. The number of hydrogen-bond acceptors (Lipinski definition) is 5. The van der Waals surface area contributed by atoms with Crippen molar-refractivity contribution in [3.8, 4) is 23.0 Å². The number of amides is 1. The van der Waals surface area contributed by atoms with Gasteiger partial charge in [-0.25, -0.2) is 13.5 Å². The first-order valence-electron chi connectivity index (χ1n) is 12.8. The highest BCUT2D eigenvalue weighted by Gasteiger charge is 2.26. The molecule has 1 atom stereocenters. The summed E-state index contributed by atoms with van der Waals surface area (Å²) in [5, 5.41) is 13.6. The van der Waals surface area contributed by atoms with Gasteiger partial charge in [-0.2, -0.15) is 10.4 Å². The fraction of sp³-hybridized carbons (Fsp3) is 0.393. The Balaban J connectivity index is 1.56. The van der Waals surface area contributed by atoms with E-state index in [2.05, 4.69) is 10.00 Å². The summed E-state index contributed by atoms with van der Waals surface area (Å²) >= 11 is 0. The van der Waals surface area contributed by atoms with Crippen molar-refractivity contribution in [1.29, 1.82) is 5.26 Å². The molecule has 192 valence electrons. The summed E-state index contributed by atoms with van der Waals surface area (Å²) in [7, 11) is 0. The Morgan fingerprint density at radius 2 is 1.76 bits per heavy atom. The topological polar surface area (TPSA) is 91.2 Å². The van der Waals surface area contributed by atoms with Crippen LogP contribution in [0.1, 0.15) is 54.6 Å². The Morgan fingerprint density at radius 3 is 2.49 bits per heavy atom. The minimum Gasteiger partial charge on any atom is -0.371 e. The van der Waals surface area contributed by atoms with Crippen LogP contribution in [0.5, 0.6) is 0 Å². The van der Waals surface area contributed by atoms with Crippen LogP contribution in [0.3, 0.4) is 0 Å². The standard InChI is InChI=1S/C28H30F2N6O/c29-23-14-19(7-8-20(23)17-31)27-16-25(28(37)35-13-5-2-6-21(32)18-35)33-36(27)26-10-9-22(15-24(26)30)34-11-3-1-4-12-34/h7-10,14-16,21H,1-6,11-13,18,32H2. The Labute approximate surface area is 215 Å². The predicted molar refractivity (Wildman–Crippen MR) is 137 cm³/mol. The summed E-state index contributed by atoms with van der Waals surface area (Å²) in [6.07, 6.45) is 5.96. The molecular formula is C28H30F2N6O. The summed E-state index contributed by atoms with van der Waals surface area (Å²) in [6, 6.07) is 12.4. The normalized spacial score (nSPS) is 18.4. The van der Waals surface area contributed by atoms with Crippen molar-refractivity contribution in [2.24, 2.45) is 5.73 Å². The lowest BCUT2D eigenvalue weighted by Gasteiger charge is -2.29. The van der Waals surface area contributed by atoms with Crippen molar-refractivity contribution in [2.45, 2.75) is 44.6 Å². The highest BCUT2D eigenvalue weighted by Crippen LogP contribution is 2.30. The van der Waals surface area contributed by atoms with E-state index < -0.39 is 11.6 Å². The second-order valence-electron chi connectivity index (χ2n) is 9.82. The molecule has 37 heavy (non-hydrogen) atoms. The summed E-state index contributed by atoms with van der Waals surface area (Å²) in [5.41, 5.74) is 7.89. The van der Waals surface area contributed by atoms with Crippen LogP contribution in [-0.4, -0.2) is 52.8 Å². The van der Waals surface area contributed by atoms with Gasteiger partial charge in [-0.15, -0.1) is 0 Å². The number of carbonyl (C=O) groups excluding carboxylic acids is 1.